The summed E-state index contributed by atoms with van der Waals surface area (Å²) in [6, 6.07) is 7.62. The van der Waals surface area contributed by atoms with Crippen LogP contribution in [0.2, 0.25) is 0 Å². The first kappa shape index (κ1) is 18.4. The zero-order valence-corrected chi connectivity index (χ0v) is 14.7. The van der Waals surface area contributed by atoms with E-state index in [0.717, 1.165) is 36.2 Å². The summed E-state index contributed by atoms with van der Waals surface area (Å²) < 4.78 is 1.01. The third-order valence-corrected chi connectivity index (χ3v) is 4.44. The minimum atomic E-state index is 0. The van der Waals surface area contributed by atoms with E-state index in [1.54, 1.807) is 0 Å². The van der Waals surface area contributed by atoms with Crippen molar-refractivity contribution in [3.05, 3.63) is 28.7 Å². The summed E-state index contributed by atoms with van der Waals surface area (Å²) in [4.78, 5) is 14.2. The fourth-order valence-electron chi connectivity index (χ4n) is 2.50. The van der Waals surface area contributed by atoms with Gasteiger partial charge in [0, 0.05) is 29.7 Å². The van der Waals surface area contributed by atoms with Crippen LogP contribution < -0.4 is 11.1 Å². The van der Waals surface area contributed by atoms with E-state index in [1.807, 2.05) is 24.3 Å². The second kappa shape index (κ2) is 8.13. The Morgan fingerprint density at radius 1 is 1.43 bits per heavy atom. The van der Waals surface area contributed by atoms with Gasteiger partial charge in [0.25, 0.3) is 0 Å². The fourth-order valence-corrected chi connectivity index (χ4v) is 2.76. The summed E-state index contributed by atoms with van der Waals surface area (Å²) in [6.45, 7) is 5.77. The Balaban J connectivity index is 0.00000220. The highest BCUT2D eigenvalue weighted by Crippen LogP contribution is 2.28. The number of halogens is 2. The summed E-state index contributed by atoms with van der Waals surface area (Å²) in [5.74, 6) is 0.0636. The van der Waals surface area contributed by atoms with Crippen molar-refractivity contribution in [1.29, 1.82) is 0 Å². The Bertz CT molecular complexity index is 468. The van der Waals surface area contributed by atoms with Gasteiger partial charge in [0.15, 0.2) is 0 Å². The second-order valence-corrected chi connectivity index (χ2v) is 6.76. The molecule has 1 aliphatic rings. The van der Waals surface area contributed by atoms with Crippen LogP contribution in [0.5, 0.6) is 0 Å². The van der Waals surface area contributed by atoms with Gasteiger partial charge < -0.3 is 16.0 Å². The maximum atomic E-state index is 11.9. The van der Waals surface area contributed by atoms with Crippen LogP contribution in [0.25, 0.3) is 0 Å². The van der Waals surface area contributed by atoms with Gasteiger partial charge in [0.2, 0.25) is 5.91 Å². The van der Waals surface area contributed by atoms with E-state index in [2.05, 4.69) is 33.1 Å². The second-order valence-electron chi connectivity index (χ2n) is 5.85. The van der Waals surface area contributed by atoms with E-state index >= 15 is 0 Å². The Hall–Kier alpha value is -0.620. The Morgan fingerprint density at radius 3 is 2.67 bits per heavy atom. The number of amides is 1. The minimum Gasteiger partial charge on any atom is -0.330 e. The number of rotatable bonds is 5. The molecule has 2 rings (SSSR count). The largest absolute Gasteiger partial charge is 0.330 e. The predicted octanol–water partition coefficient (Wildman–Crippen LogP) is 2.87. The summed E-state index contributed by atoms with van der Waals surface area (Å²) in [7, 11) is 0. The molecule has 0 saturated carbocycles. The lowest BCUT2D eigenvalue weighted by Crippen LogP contribution is -2.32. The molecule has 1 saturated heterocycles. The molecular weight excluding hydrogens is 354 g/mol. The monoisotopic (exact) mass is 375 g/mol. The molecule has 1 aromatic carbocycles. The lowest BCUT2D eigenvalue weighted by molar-refractivity contribution is -0.116. The van der Waals surface area contributed by atoms with E-state index in [-0.39, 0.29) is 23.7 Å². The van der Waals surface area contributed by atoms with Crippen molar-refractivity contribution >= 4 is 39.9 Å². The number of carbonyl (C=O) groups excluding carboxylic acids is 1. The highest BCUT2D eigenvalue weighted by Gasteiger charge is 2.32. The van der Waals surface area contributed by atoms with Crippen molar-refractivity contribution in [3.8, 4) is 0 Å². The molecule has 4 nitrogen and oxygen atoms in total. The van der Waals surface area contributed by atoms with Gasteiger partial charge in [-0.15, -0.1) is 12.4 Å². The molecule has 0 aromatic heterocycles. The molecule has 1 amide bonds. The average molecular weight is 377 g/mol. The predicted molar refractivity (Wildman–Crippen MR) is 92.9 cm³/mol. The van der Waals surface area contributed by atoms with E-state index in [9.17, 15) is 4.79 Å². The van der Waals surface area contributed by atoms with Crippen molar-refractivity contribution in [1.82, 2.24) is 4.90 Å². The first-order valence-electron chi connectivity index (χ1n) is 6.99. The fraction of sp³-hybridized carbons (Fsp3) is 0.533. The molecule has 6 heteroatoms. The van der Waals surface area contributed by atoms with Gasteiger partial charge in [-0.05, 0) is 49.2 Å². The normalized spacial score (nSPS) is 21.9. The highest BCUT2D eigenvalue weighted by atomic mass is 79.9. The molecule has 3 N–H and O–H groups in total. The van der Waals surface area contributed by atoms with Crippen molar-refractivity contribution in [2.45, 2.75) is 19.8 Å². The molecule has 1 fully saturated rings. The Kier molecular flexibility index (Phi) is 7.13. The summed E-state index contributed by atoms with van der Waals surface area (Å²) in [5.41, 5.74) is 6.85. The van der Waals surface area contributed by atoms with Crippen LogP contribution in [-0.4, -0.2) is 37.0 Å². The van der Waals surface area contributed by atoms with E-state index in [1.165, 1.54) is 0 Å². The molecular formula is C15H23BrClN3O. The van der Waals surface area contributed by atoms with Gasteiger partial charge in [-0.3, -0.25) is 4.79 Å². The van der Waals surface area contributed by atoms with Crippen molar-refractivity contribution in [2.24, 2.45) is 11.1 Å². The number of carbonyl (C=O) groups is 1. The number of hydrogen-bond acceptors (Lipinski definition) is 3. The van der Waals surface area contributed by atoms with Gasteiger partial charge in [-0.2, -0.15) is 0 Å². The molecule has 21 heavy (non-hydrogen) atoms. The molecule has 1 aromatic rings. The van der Waals surface area contributed by atoms with E-state index in [0.29, 0.717) is 13.0 Å². The van der Waals surface area contributed by atoms with Crippen molar-refractivity contribution in [2.75, 3.05) is 31.5 Å². The van der Waals surface area contributed by atoms with Crippen LogP contribution in [0.15, 0.2) is 28.7 Å². The SMILES string of the molecule is CC1(CN)CCN(CCC(=O)Nc2ccc(Br)cc2)C1.Cl. The third-order valence-electron chi connectivity index (χ3n) is 3.91. The standard InChI is InChI=1S/C15H22BrN3O.ClH/c1-15(10-17)7-9-19(11-15)8-6-14(20)18-13-4-2-12(16)3-5-13;/h2-5H,6-11,17H2,1H3,(H,18,20);1H. The first-order chi connectivity index (χ1) is 9.50. The molecule has 1 heterocycles. The van der Waals surface area contributed by atoms with Gasteiger partial charge in [-0.25, -0.2) is 0 Å². The summed E-state index contributed by atoms with van der Waals surface area (Å²) in [6.07, 6.45) is 1.65. The number of nitrogens with two attached hydrogens (primary N) is 1. The molecule has 1 atom stereocenters. The van der Waals surface area contributed by atoms with Crippen LogP contribution in [0.4, 0.5) is 5.69 Å². The molecule has 0 radical (unpaired) electrons. The van der Waals surface area contributed by atoms with E-state index in [4.69, 9.17) is 5.73 Å². The maximum Gasteiger partial charge on any atom is 0.225 e. The number of nitrogens with one attached hydrogen (secondary N) is 1. The van der Waals surface area contributed by atoms with E-state index < -0.39 is 0 Å². The first-order valence-corrected chi connectivity index (χ1v) is 7.78. The van der Waals surface area contributed by atoms with Crippen LogP contribution in [0.3, 0.4) is 0 Å². The Morgan fingerprint density at radius 2 is 2.10 bits per heavy atom. The van der Waals surface area contributed by atoms with Crippen LogP contribution in [0.1, 0.15) is 19.8 Å². The summed E-state index contributed by atoms with van der Waals surface area (Å²) in [5, 5.41) is 2.92. The van der Waals surface area contributed by atoms with Crippen LogP contribution in [0, 0.1) is 5.41 Å². The molecule has 0 spiro atoms. The lowest BCUT2D eigenvalue weighted by Gasteiger charge is -2.22. The Labute approximate surface area is 141 Å². The topological polar surface area (TPSA) is 58.4 Å². The number of likely N-dealkylation sites (tertiary alicyclic amines) is 1. The van der Waals surface area contributed by atoms with Gasteiger partial charge in [0.05, 0.1) is 0 Å². The third kappa shape index (κ3) is 5.58. The van der Waals surface area contributed by atoms with Crippen LogP contribution >= 0.6 is 28.3 Å². The minimum absolute atomic E-state index is 0. The van der Waals surface area contributed by atoms with Gasteiger partial charge in [0.1, 0.15) is 0 Å². The quantitative estimate of drug-likeness (QED) is 0.831. The maximum absolute atomic E-state index is 11.9. The highest BCUT2D eigenvalue weighted by molar-refractivity contribution is 9.10. The molecule has 0 bridgehead atoms. The lowest BCUT2D eigenvalue weighted by atomic mass is 9.90. The molecule has 1 unspecified atom stereocenters. The van der Waals surface area contributed by atoms with Crippen molar-refractivity contribution in [3.63, 3.8) is 0 Å². The number of hydrogen-bond donors (Lipinski definition) is 2. The molecule has 0 aliphatic carbocycles. The van der Waals surface area contributed by atoms with Gasteiger partial charge >= 0.3 is 0 Å². The number of benzene rings is 1. The average Bonchev–Trinajstić information content (AvgIpc) is 2.82. The molecule has 1 aliphatic heterocycles. The zero-order chi connectivity index (χ0) is 14.6. The number of anilines is 1. The zero-order valence-electron chi connectivity index (χ0n) is 12.3. The van der Waals surface area contributed by atoms with Crippen molar-refractivity contribution < 1.29 is 4.79 Å². The molecule has 118 valence electrons. The van der Waals surface area contributed by atoms with Crippen LogP contribution in [-0.2, 0) is 4.79 Å². The number of nitrogens with zero attached hydrogens (tertiary/aromatic N) is 1. The van der Waals surface area contributed by atoms with Gasteiger partial charge in [-0.1, -0.05) is 22.9 Å². The summed E-state index contributed by atoms with van der Waals surface area (Å²) >= 11 is 3.37. The smallest absolute Gasteiger partial charge is 0.225 e.